The van der Waals surface area contributed by atoms with Gasteiger partial charge >= 0.3 is 0 Å². The molecule has 416 valence electrons. The van der Waals surface area contributed by atoms with Gasteiger partial charge in [-0.1, -0.05) is 328 Å². The van der Waals surface area contributed by atoms with Crippen LogP contribution in [0.4, 0.5) is 0 Å². The molecule has 0 aromatic rings. The van der Waals surface area contributed by atoms with Crippen LogP contribution >= 0.6 is 0 Å². The Morgan fingerprint density at radius 1 is 0.314 bits per heavy atom. The number of carbonyl (C=O) groups excluding carboxylic acids is 2. The van der Waals surface area contributed by atoms with Crippen LogP contribution in [0.15, 0.2) is 12.2 Å². The normalized spacial score (nSPS) is 12.2. The van der Waals surface area contributed by atoms with Crippen molar-refractivity contribution in [3.8, 4) is 0 Å². The Balaban J connectivity index is 3.23. The van der Waals surface area contributed by atoms with Gasteiger partial charge in [-0.25, -0.2) is 0 Å². The Kier molecular flexibility index (Phi) is 61.1. The van der Waals surface area contributed by atoms with Gasteiger partial charge in [-0.15, -0.1) is 0 Å². The van der Waals surface area contributed by atoms with Crippen LogP contribution in [0, 0.1) is 0 Å². The first-order valence-corrected chi connectivity index (χ1v) is 32.7. The number of rotatable bonds is 62. The van der Waals surface area contributed by atoms with Crippen LogP contribution in [0.1, 0.15) is 386 Å². The lowest BCUT2D eigenvalue weighted by Crippen LogP contribution is -2.31. The van der Waals surface area contributed by atoms with Crippen LogP contribution in [-0.4, -0.2) is 29.4 Å². The van der Waals surface area contributed by atoms with Crippen molar-refractivity contribution >= 4 is 11.7 Å². The van der Waals surface area contributed by atoms with Crippen LogP contribution in [0.3, 0.4) is 0 Å². The van der Waals surface area contributed by atoms with Crippen LogP contribution in [-0.2, 0) is 9.59 Å². The van der Waals surface area contributed by atoms with Crippen molar-refractivity contribution < 1.29 is 14.7 Å². The molecule has 0 aliphatic heterocycles. The minimum absolute atomic E-state index is 0.116. The number of allylic oxidation sites excluding steroid dienone is 2. The number of hydrogen-bond donors (Lipinski definition) is 2. The summed E-state index contributed by atoms with van der Waals surface area (Å²) in [6, 6.07) is 0. The molecule has 0 saturated heterocycles. The van der Waals surface area contributed by atoms with E-state index in [-0.39, 0.29) is 5.91 Å². The van der Waals surface area contributed by atoms with E-state index in [0.717, 1.165) is 51.4 Å². The van der Waals surface area contributed by atoms with E-state index in [1.54, 1.807) is 0 Å². The third-order valence-corrected chi connectivity index (χ3v) is 15.5. The maximum Gasteiger partial charge on any atom is 0.220 e. The first-order valence-electron chi connectivity index (χ1n) is 32.7. The summed E-state index contributed by atoms with van der Waals surface area (Å²) in [7, 11) is 0. The minimum Gasteiger partial charge on any atom is -0.391 e. The predicted molar refractivity (Wildman–Crippen MR) is 312 cm³/mol. The van der Waals surface area contributed by atoms with E-state index < -0.39 is 6.10 Å². The minimum atomic E-state index is -0.391. The first-order chi connectivity index (χ1) is 34.6. The lowest BCUT2D eigenvalue weighted by Gasteiger charge is -2.12. The molecule has 1 amide bonds. The third kappa shape index (κ3) is 61.1. The number of Topliss-reactive ketones (excluding diaryl/α,β-unsaturated/α-hetero) is 1. The molecule has 1 atom stereocenters. The van der Waals surface area contributed by atoms with E-state index in [2.05, 4.69) is 31.3 Å². The van der Waals surface area contributed by atoms with Crippen molar-refractivity contribution in [3.63, 3.8) is 0 Å². The smallest absolute Gasteiger partial charge is 0.220 e. The maximum absolute atomic E-state index is 12.3. The Labute approximate surface area is 440 Å². The van der Waals surface area contributed by atoms with Crippen molar-refractivity contribution in [1.82, 2.24) is 5.32 Å². The Bertz CT molecular complexity index is 1020. The average Bonchev–Trinajstić information content (AvgIpc) is 3.36. The first kappa shape index (κ1) is 68.8. The second kappa shape index (κ2) is 62.1. The molecular formula is C66H129NO3. The molecule has 0 heterocycles. The number of aliphatic hydroxyl groups excluding tert-OH is 1. The number of carbonyl (C=O) groups is 2. The highest BCUT2D eigenvalue weighted by Gasteiger charge is 2.08. The summed E-state index contributed by atoms with van der Waals surface area (Å²) < 4.78 is 0. The molecule has 4 heteroatoms. The van der Waals surface area contributed by atoms with E-state index >= 15 is 0 Å². The molecule has 0 saturated carbocycles. The maximum atomic E-state index is 12.3. The highest BCUT2D eigenvalue weighted by atomic mass is 16.3. The number of nitrogens with one attached hydrogen (secondary N) is 1. The molecule has 0 spiro atoms. The van der Waals surface area contributed by atoms with Gasteiger partial charge in [0, 0.05) is 25.8 Å². The Morgan fingerprint density at radius 2 is 0.543 bits per heavy atom. The highest BCUT2D eigenvalue weighted by molar-refractivity contribution is 5.78. The van der Waals surface area contributed by atoms with Gasteiger partial charge < -0.3 is 10.4 Å². The van der Waals surface area contributed by atoms with Gasteiger partial charge in [0.2, 0.25) is 5.91 Å². The molecule has 0 bridgehead atoms. The summed E-state index contributed by atoms with van der Waals surface area (Å²) in [5.74, 6) is 0.630. The quantitative estimate of drug-likeness (QED) is 0.0471. The highest BCUT2D eigenvalue weighted by Crippen LogP contribution is 2.19. The number of aliphatic hydroxyl groups is 1. The molecule has 4 nitrogen and oxygen atoms in total. The van der Waals surface area contributed by atoms with Crippen molar-refractivity contribution in [3.05, 3.63) is 12.2 Å². The Morgan fingerprint density at radius 3 is 0.829 bits per heavy atom. The van der Waals surface area contributed by atoms with Crippen LogP contribution in [0.5, 0.6) is 0 Å². The molecular weight excluding hydrogens is 855 g/mol. The van der Waals surface area contributed by atoms with E-state index in [9.17, 15) is 14.7 Å². The summed E-state index contributed by atoms with van der Waals surface area (Å²) in [5, 5.41) is 13.3. The van der Waals surface area contributed by atoms with Crippen molar-refractivity contribution in [2.24, 2.45) is 0 Å². The van der Waals surface area contributed by atoms with Gasteiger partial charge in [0.1, 0.15) is 5.78 Å². The van der Waals surface area contributed by atoms with Crippen molar-refractivity contribution in [2.45, 2.75) is 392 Å². The predicted octanol–water partition coefficient (Wildman–Crippen LogP) is 22.3. The fourth-order valence-corrected chi connectivity index (χ4v) is 10.5. The second-order valence-electron chi connectivity index (χ2n) is 22.8. The van der Waals surface area contributed by atoms with Gasteiger partial charge in [-0.3, -0.25) is 9.59 Å². The SMILES string of the molecule is CCCCCCCC/C=C\CCCCCCCC(=O)CCCCCCCCCCCCCCCCCCCCCCCCCCCCCC(=O)NC[C@@H](O)CCCCCCCCCCCCCCCC. The van der Waals surface area contributed by atoms with Crippen molar-refractivity contribution in [2.75, 3.05) is 6.54 Å². The average molecular weight is 985 g/mol. The van der Waals surface area contributed by atoms with E-state index in [1.807, 2.05) is 0 Å². The zero-order valence-corrected chi connectivity index (χ0v) is 48.2. The summed E-state index contributed by atoms with van der Waals surface area (Å²) in [5.41, 5.74) is 0. The largest absolute Gasteiger partial charge is 0.391 e. The summed E-state index contributed by atoms with van der Waals surface area (Å²) in [6.07, 6.45) is 80.3. The summed E-state index contributed by atoms with van der Waals surface area (Å²) >= 11 is 0. The molecule has 2 N–H and O–H groups in total. The summed E-state index contributed by atoms with van der Waals surface area (Å²) in [4.78, 5) is 24.5. The number of unbranched alkanes of at least 4 members (excludes halogenated alkanes) is 50. The molecule has 0 rings (SSSR count). The fraction of sp³-hybridized carbons (Fsp3) is 0.939. The van der Waals surface area contributed by atoms with Gasteiger partial charge in [-0.2, -0.15) is 0 Å². The number of hydrogen-bond acceptors (Lipinski definition) is 3. The van der Waals surface area contributed by atoms with E-state index in [4.69, 9.17) is 0 Å². The lowest BCUT2D eigenvalue weighted by atomic mass is 10.0. The van der Waals surface area contributed by atoms with Crippen LogP contribution in [0.2, 0.25) is 0 Å². The molecule has 0 aliphatic rings. The third-order valence-electron chi connectivity index (χ3n) is 15.5. The zero-order chi connectivity index (χ0) is 50.6. The van der Waals surface area contributed by atoms with Gasteiger partial charge in [0.15, 0.2) is 0 Å². The standard InChI is InChI=1S/C66H129NO3/c1-3-5-7-9-11-13-15-17-32-36-39-43-47-51-55-59-64(68)60-56-52-48-44-40-37-33-30-28-26-24-22-20-19-21-23-25-27-29-31-34-38-42-46-50-54-58-62-66(70)67-63-65(69)61-57-53-49-45-41-35-18-16-14-12-10-8-6-4-2/h17,32,65,69H,3-16,18-31,33-63H2,1-2H3,(H,67,70)/b32-17-/t65-/m0/s1. The van der Waals surface area contributed by atoms with Gasteiger partial charge in [-0.05, 0) is 51.4 Å². The Hall–Kier alpha value is -1.16. The van der Waals surface area contributed by atoms with E-state index in [1.165, 1.54) is 315 Å². The van der Waals surface area contributed by atoms with E-state index in [0.29, 0.717) is 18.7 Å². The van der Waals surface area contributed by atoms with Crippen LogP contribution in [0.25, 0.3) is 0 Å². The lowest BCUT2D eigenvalue weighted by molar-refractivity contribution is -0.121. The fourth-order valence-electron chi connectivity index (χ4n) is 10.5. The second-order valence-corrected chi connectivity index (χ2v) is 22.8. The number of amides is 1. The van der Waals surface area contributed by atoms with Gasteiger partial charge in [0.25, 0.3) is 0 Å². The summed E-state index contributed by atoms with van der Waals surface area (Å²) in [6.45, 7) is 4.99. The monoisotopic (exact) mass is 984 g/mol. The molecule has 0 unspecified atom stereocenters. The van der Waals surface area contributed by atoms with Gasteiger partial charge in [0.05, 0.1) is 6.10 Å². The molecule has 0 radical (unpaired) electrons. The van der Waals surface area contributed by atoms with Crippen molar-refractivity contribution in [1.29, 1.82) is 0 Å². The zero-order valence-electron chi connectivity index (χ0n) is 48.2. The molecule has 0 aromatic heterocycles. The molecule has 0 aromatic carbocycles. The number of ketones is 1. The van der Waals surface area contributed by atoms with Crippen LogP contribution < -0.4 is 5.32 Å². The topological polar surface area (TPSA) is 66.4 Å². The molecule has 70 heavy (non-hydrogen) atoms. The molecule has 0 fully saturated rings. The molecule has 0 aliphatic carbocycles.